The van der Waals surface area contributed by atoms with Crippen LogP contribution in [-0.2, 0) is 11.2 Å². The maximum Gasteiger partial charge on any atom is 0.333 e. The van der Waals surface area contributed by atoms with Gasteiger partial charge in [-0.15, -0.1) is 0 Å². The zero-order valence-corrected chi connectivity index (χ0v) is 24.0. The van der Waals surface area contributed by atoms with E-state index in [-0.39, 0.29) is 46.8 Å². The molecule has 1 atom stereocenters. The third-order valence-corrected chi connectivity index (χ3v) is 9.41. The molecule has 1 saturated heterocycles. The number of halogens is 1. The Kier molecular flexibility index (Phi) is 9.05. The number of thioether (sulfide) groups is 1. The molecule has 1 aliphatic heterocycles. The summed E-state index contributed by atoms with van der Waals surface area (Å²) in [6.45, 7) is 0. The quantitative estimate of drug-likeness (QED) is 0.444. The number of amides is 1. The Balaban J connectivity index is 1.31. The van der Waals surface area contributed by atoms with Crippen LogP contribution in [0, 0.1) is 5.82 Å². The maximum absolute atomic E-state index is 14.2. The van der Waals surface area contributed by atoms with Crippen LogP contribution < -0.4 is 16.6 Å². The maximum atomic E-state index is 14.2. The van der Waals surface area contributed by atoms with Crippen LogP contribution in [0.15, 0.2) is 52.2 Å². The lowest BCUT2D eigenvalue weighted by atomic mass is 9.90. The van der Waals surface area contributed by atoms with Crippen LogP contribution in [-0.4, -0.2) is 62.6 Å². The smallest absolute Gasteiger partial charge is 0.333 e. The van der Waals surface area contributed by atoms with Crippen molar-refractivity contribution in [3.05, 3.63) is 74.8 Å². The van der Waals surface area contributed by atoms with E-state index < -0.39 is 11.4 Å². The summed E-state index contributed by atoms with van der Waals surface area (Å²) in [5, 5.41) is 3.38. The Morgan fingerprint density at radius 2 is 1.73 bits per heavy atom. The second-order valence-corrected chi connectivity index (χ2v) is 12.4. The predicted octanol–water partition coefficient (Wildman–Crippen LogP) is 3.93. The molecule has 3 heterocycles. The van der Waals surface area contributed by atoms with Crippen molar-refractivity contribution < 1.29 is 9.18 Å². The molecule has 0 bridgehead atoms. The SMILES string of the molecule is CN(C)[C@H](CCc1ccccc1)C(=O)NC1CCC(n2c(=O)c3cc(F)cnc3n(C3CCSCC3)c2=O)CC1. The van der Waals surface area contributed by atoms with Crippen molar-refractivity contribution >= 4 is 28.7 Å². The van der Waals surface area contributed by atoms with Crippen molar-refractivity contribution in [3.8, 4) is 0 Å². The number of carbonyl (C=O) groups is 1. The highest BCUT2D eigenvalue weighted by atomic mass is 32.2. The lowest BCUT2D eigenvalue weighted by molar-refractivity contribution is -0.126. The Hall–Kier alpha value is -2.98. The average Bonchev–Trinajstić information content (AvgIpc) is 2.95. The van der Waals surface area contributed by atoms with Gasteiger partial charge in [0, 0.05) is 18.1 Å². The van der Waals surface area contributed by atoms with Crippen LogP contribution in [0.5, 0.6) is 0 Å². The summed E-state index contributed by atoms with van der Waals surface area (Å²) in [6, 6.07) is 10.7. The number of hydrogen-bond acceptors (Lipinski definition) is 6. The lowest BCUT2D eigenvalue weighted by Crippen LogP contribution is -2.49. The van der Waals surface area contributed by atoms with E-state index in [1.807, 2.05) is 49.0 Å². The molecule has 3 aromatic rings. The fraction of sp³-hybridized carbons (Fsp3) is 0.533. The van der Waals surface area contributed by atoms with E-state index in [1.165, 1.54) is 16.2 Å². The molecule has 2 aromatic heterocycles. The van der Waals surface area contributed by atoms with Crippen molar-refractivity contribution in [2.24, 2.45) is 0 Å². The molecule has 0 spiro atoms. The van der Waals surface area contributed by atoms with E-state index in [0.29, 0.717) is 32.1 Å². The number of rotatable bonds is 8. The second kappa shape index (κ2) is 12.7. The van der Waals surface area contributed by atoms with Gasteiger partial charge in [-0.05, 0) is 88.6 Å². The van der Waals surface area contributed by atoms with Gasteiger partial charge in [-0.1, -0.05) is 30.3 Å². The Morgan fingerprint density at radius 1 is 1.05 bits per heavy atom. The molecule has 1 aromatic carbocycles. The van der Waals surface area contributed by atoms with E-state index in [0.717, 1.165) is 37.0 Å². The van der Waals surface area contributed by atoms with Crippen molar-refractivity contribution in [2.45, 2.75) is 75.5 Å². The number of pyridine rings is 1. The average molecular weight is 568 g/mol. The van der Waals surface area contributed by atoms with Crippen LogP contribution in [0.4, 0.5) is 4.39 Å². The van der Waals surface area contributed by atoms with Gasteiger partial charge in [0.25, 0.3) is 5.56 Å². The number of fused-ring (bicyclic) bond motifs is 1. The molecule has 2 aliphatic rings. The second-order valence-electron chi connectivity index (χ2n) is 11.2. The van der Waals surface area contributed by atoms with Crippen molar-refractivity contribution in [1.29, 1.82) is 0 Å². The van der Waals surface area contributed by atoms with E-state index in [4.69, 9.17) is 0 Å². The molecule has 5 rings (SSSR count). The monoisotopic (exact) mass is 567 g/mol. The molecule has 40 heavy (non-hydrogen) atoms. The van der Waals surface area contributed by atoms with Gasteiger partial charge in [0.2, 0.25) is 5.91 Å². The minimum atomic E-state index is -0.588. The van der Waals surface area contributed by atoms with Gasteiger partial charge in [0.1, 0.15) is 11.5 Å². The zero-order chi connectivity index (χ0) is 28.2. The normalized spacial score (nSPS) is 21.0. The Morgan fingerprint density at radius 3 is 2.40 bits per heavy atom. The van der Waals surface area contributed by atoms with Crippen LogP contribution in [0.2, 0.25) is 0 Å². The molecule has 1 aliphatic carbocycles. The molecule has 1 N–H and O–H groups in total. The van der Waals surface area contributed by atoms with Gasteiger partial charge in [0.15, 0.2) is 0 Å². The molecular weight excluding hydrogens is 529 g/mol. The standard InChI is InChI=1S/C30H38FN5O3S/c1-34(2)26(13-8-20-6-4-3-5-7-20)28(37)33-22-9-11-23(12-10-22)36-29(38)25-18-21(31)19-32-27(25)35(30(36)39)24-14-16-40-17-15-24/h3-7,18-19,22-24,26H,8-17H2,1-2H3,(H,33,37)/t22?,23?,26-/m1/s1. The number of aromatic nitrogens is 3. The molecule has 1 saturated carbocycles. The first-order chi connectivity index (χ1) is 19.3. The van der Waals surface area contributed by atoms with Gasteiger partial charge < -0.3 is 5.32 Å². The highest BCUT2D eigenvalue weighted by Crippen LogP contribution is 2.30. The third kappa shape index (κ3) is 6.17. The third-order valence-electron chi connectivity index (χ3n) is 8.36. The summed E-state index contributed by atoms with van der Waals surface area (Å²) in [7, 11) is 3.85. The Labute approximate surface area is 238 Å². The molecule has 2 fully saturated rings. The van der Waals surface area contributed by atoms with Crippen LogP contribution in [0.1, 0.15) is 62.6 Å². The van der Waals surface area contributed by atoms with Crippen molar-refractivity contribution in [2.75, 3.05) is 25.6 Å². The minimum absolute atomic E-state index is 0.00586. The summed E-state index contributed by atoms with van der Waals surface area (Å²) in [4.78, 5) is 46.7. The highest BCUT2D eigenvalue weighted by Gasteiger charge is 2.31. The van der Waals surface area contributed by atoms with Gasteiger partial charge in [-0.3, -0.25) is 23.6 Å². The zero-order valence-electron chi connectivity index (χ0n) is 23.2. The van der Waals surface area contributed by atoms with Gasteiger partial charge >= 0.3 is 5.69 Å². The number of nitrogens with one attached hydrogen (secondary N) is 1. The summed E-state index contributed by atoms with van der Waals surface area (Å²) in [5.41, 5.74) is 0.649. The first-order valence-corrected chi connectivity index (χ1v) is 15.4. The van der Waals surface area contributed by atoms with E-state index in [9.17, 15) is 18.8 Å². The lowest BCUT2D eigenvalue weighted by Gasteiger charge is -2.33. The first-order valence-electron chi connectivity index (χ1n) is 14.2. The molecule has 8 nitrogen and oxygen atoms in total. The number of hydrogen-bond donors (Lipinski definition) is 1. The highest BCUT2D eigenvalue weighted by molar-refractivity contribution is 7.99. The fourth-order valence-electron chi connectivity index (χ4n) is 6.15. The predicted molar refractivity (Wildman–Crippen MR) is 157 cm³/mol. The molecule has 0 unspecified atom stereocenters. The molecular formula is C30H38FN5O3S. The molecule has 214 valence electrons. The first kappa shape index (κ1) is 28.5. The number of benzene rings is 1. The van der Waals surface area contributed by atoms with Crippen molar-refractivity contribution in [3.63, 3.8) is 0 Å². The van der Waals surface area contributed by atoms with Gasteiger partial charge in [-0.25, -0.2) is 14.2 Å². The molecule has 1 amide bonds. The minimum Gasteiger partial charge on any atom is -0.352 e. The number of aryl methyl sites for hydroxylation is 1. The summed E-state index contributed by atoms with van der Waals surface area (Å²) >= 11 is 1.85. The van der Waals surface area contributed by atoms with Crippen LogP contribution >= 0.6 is 11.8 Å². The number of likely N-dealkylation sites (N-methyl/N-ethyl adjacent to an activating group) is 1. The van der Waals surface area contributed by atoms with Gasteiger partial charge in [-0.2, -0.15) is 11.8 Å². The summed E-state index contributed by atoms with van der Waals surface area (Å²) < 4.78 is 17.1. The van der Waals surface area contributed by atoms with E-state index in [2.05, 4.69) is 22.4 Å². The van der Waals surface area contributed by atoms with Gasteiger partial charge in [0.05, 0.1) is 17.6 Å². The number of nitrogens with zero attached hydrogens (tertiary/aromatic N) is 4. The van der Waals surface area contributed by atoms with Crippen molar-refractivity contribution in [1.82, 2.24) is 24.3 Å². The summed E-state index contributed by atoms with van der Waals surface area (Å²) in [6.07, 6.45) is 6.75. The van der Waals surface area contributed by atoms with E-state index in [1.54, 1.807) is 4.57 Å². The Bertz CT molecular complexity index is 1440. The topological polar surface area (TPSA) is 89.2 Å². The van der Waals surface area contributed by atoms with Crippen LogP contribution in [0.25, 0.3) is 11.0 Å². The number of carbonyl (C=O) groups excluding carboxylic acids is 1. The fourth-order valence-corrected chi connectivity index (χ4v) is 7.23. The summed E-state index contributed by atoms with van der Waals surface area (Å²) in [5.74, 6) is 1.28. The van der Waals surface area contributed by atoms with Crippen LogP contribution in [0.3, 0.4) is 0 Å². The molecule has 0 radical (unpaired) electrons. The van der Waals surface area contributed by atoms with E-state index >= 15 is 0 Å². The molecule has 10 heteroatoms. The largest absolute Gasteiger partial charge is 0.352 e.